The van der Waals surface area contributed by atoms with Crippen LogP contribution in [0.25, 0.3) is 20.8 Å². The lowest BCUT2D eigenvalue weighted by Crippen LogP contribution is -2.39. The third-order valence-electron chi connectivity index (χ3n) is 4.44. The standard InChI is InChI=1S/C20H15N5O2S/c1-24-17(14(11-21)19(26)25(2)20(24)27)22-13-7-5-6-12(10-13)18-23-15-8-3-4-9-16(15)28-18/h3-10,22H,1-2H3. The van der Waals surface area contributed by atoms with Crippen LogP contribution in [0.1, 0.15) is 5.56 Å². The Morgan fingerprint density at radius 2 is 1.86 bits per heavy atom. The monoisotopic (exact) mass is 389 g/mol. The van der Waals surface area contributed by atoms with E-state index in [-0.39, 0.29) is 11.4 Å². The number of nitrogens with zero attached hydrogens (tertiary/aromatic N) is 4. The van der Waals surface area contributed by atoms with E-state index >= 15 is 0 Å². The maximum absolute atomic E-state index is 12.3. The van der Waals surface area contributed by atoms with Gasteiger partial charge in [0.25, 0.3) is 5.56 Å². The first-order valence-electron chi connectivity index (χ1n) is 8.42. The maximum atomic E-state index is 12.3. The summed E-state index contributed by atoms with van der Waals surface area (Å²) in [5, 5.41) is 13.3. The van der Waals surface area contributed by atoms with Gasteiger partial charge in [-0.05, 0) is 24.3 Å². The predicted octanol–water partition coefficient (Wildman–Crippen LogP) is 2.98. The number of nitriles is 1. The fourth-order valence-corrected chi connectivity index (χ4v) is 3.92. The molecule has 0 fully saturated rings. The Hall–Kier alpha value is -3.70. The van der Waals surface area contributed by atoms with Crippen molar-refractivity contribution in [3.05, 3.63) is 74.9 Å². The third kappa shape index (κ3) is 2.88. The van der Waals surface area contributed by atoms with Crippen LogP contribution in [0.4, 0.5) is 11.5 Å². The van der Waals surface area contributed by atoms with E-state index in [2.05, 4.69) is 10.3 Å². The van der Waals surface area contributed by atoms with E-state index in [0.29, 0.717) is 5.69 Å². The van der Waals surface area contributed by atoms with Crippen LogP contribution < -0.4 is 16.6 Å². The third-order valence-corrected chi connectivity index (χ3v) is 5.53. The molecule has 2 aromatic heterocycles. The second kappa shape index (κ2) is 6.79. The summed E-state index contributed by atoms with van der Waals surface area (Å²) < 4.78 is 3.27. The van der Waals surface area contributed by atoms with Gasteiger partial charge in [-0.3, -0.25) is 13.9 Å². The molecule has 138 valence electrons. The van der Waals surface area contributed by atoms with Gasteiger partial charge in [-0.2, -0.15) is 5.26 Å². The maximum Gasteiger partial charge on any atom is 0.332 e. The van der Waals surface area contributed by atoms with Crippen LogP contribution in [-0.2, 0) is 14.1 Å². The first-order valence-corrected chi connectivity index (χ1v) is 9.24. The topological polar surface area (TPSA) is 92.7 Å². The lowest BCUT2D eigenvalue weighted by molar-refractivity contribution is 0.689. The SMILES string of the molecule is Cn1c(Nc2cccc(-c3nc4ccccc4s3)c2)c(C#N)c(=O)n(C)c1=O. The van der Waals surface area contributed by atoms with Crippen LogP contribution in [-0.4, -0.2) is 14.1 Å². The minimum absolute atomic E-state index is 0.116. The van der Waals surface area contributed by atoms with Crippen molar-refractivity contribution in [3.63, 3.8) is 0 Å². The van der Waals surface area contributed by atoms with Gasteiger partial charge in [-0.1, -0.05) is 24.3 Å². The number of rotatable bonds is 3. The van der Waals surface area contributed by atoms with Crippen molar-refractivity contribution >= 4 is 33.1 Å². The lowest BCUT2D eigenvalue weighted by atomic mass is 10.2. The average Bonchev–Trinajstić information content (AvgIpc) is 3.15. The second-order valence-electron chi connectivity index (χ2n) is 6.23. The lowest BCUT2D eigenvalue weighted by Gasteiger charge is -2.14. The molecule has 4 aromatic rings. The van der Waals surface area contributed by atoms with Crippen LogP contribution >= 0.6 is 11.3 Å². The van der Waals surface area contributed by atoms with Crippen LogP contribution in [0.5, 0.6) is 0 Å². The van der Waals surface area contributed by atoms with Gasteiger partial charge in [-0.25, -0.2) is 9.78 Å². The smallest absolute Gasteiger partial charge is 0.332 e. The summed E-state index contributed by atoms with van der Waals surface area (Å²) in [6, 6.07) is 17.3. The highest BCUT2D eigenvalue weighted by molar-refractivity contribution is 7.21. The summed E-state index contributed by atoms with van der Waals surface area (Å²) in [4.78, 5) is 29.1. The van der Waals surface area contributed by atoms with Crippen molar-refractivity contribution in [2.45, 2.75) is 0 Å². The van der Waals surface area contributed by atoms with Crippen molar-refractivity contribution < 1.29 is 0 Å². The molecule has 0 spiro atoms. The Kier molecular flexibility index (Phi) is 4.29. The van der Waals surface area contributed by atoms with Crippen molar-refractivity contribution in [3.8, 4) is 16.6 Å². The van der Waals surface area contributed by atoms with Gasteiger partial charge in [0.1, 0.15) is 16.9 Å². The molecule has 0 radical (unpaired) electrons. The number of hydrogen-bond donors (Lipinski definition) is 1. The van der Waals surface area contributed by atoms with E-state index in [1.807, 2.05) is 48.5 Å². The van der Waals surface area contributed by atoms with Crippen molar-refractivity contribution in [1.29, 1.82) is 5.26 Å². The first-order chi connectivity index (χ1) is 13.5. The van der Waals surface area contributed by atoms with Crippen molar-refractivity contribution in [2.75, 3.05) is 5.32 Å². The van der Waals surface area contributed by atoms with Gasteiger partial charge in [-0.15, -0.1) is 11.3 Å². The van der Waals surface area contributed by atoms with Gasteiger partial charge in [0, 0.05) is 25.3 Å². The summed E-state index contributed by atoms with van der Waals surface area (Å²) in [5.41, 5.74) is 1.23. The number of aromatic nitrogens is 3. The fourth-order valence-electron chi connectivity index (χ4n) is 2.95. The molecule has 0 atom stereocenters. The number of fused-ring (bicyclic) bond motifs is 1. The van der Waals surface area contributed by atoms with Crippen molar-refractivity contribution in [2.24, 2.45) is 14.1 Å². The van der Waals surface area contributed by atoms with Gasteiger partial charge in [0.05, 0.1) is 10.2 Å². The molecule has 0 aliphatic rings. The number of thiazole rings is 1. The summed E-state index contributed by atoms with van der Waals surface area (Å²) in [6.45, 7) is 0. The molecule has 0 bridgehead atoms. The molecule has 1 N–H and O–H groups in total. The van der Waals surface area contributed by atoms with Crippen LogP contribution in [0.3, 0.4) is 0 Å². The Labute approximate surface area is 163 Å². The molecule has 28 heavy (non-hydrogen) atoms. The quantitative estimate of drug-likeness (QED) is 0.581. The van der Waals surface area contributed by atoms with Gasteiger partial charge in [0.15, 0.2) is 5.56 Å². The average molecular weight is 389 g/mol. The van der Waals surface area contributed by atoms with E-state index in [4.69, 9.17) is 0 Å². The van der Waals surface area contributed by atoms with E-state index in [1.165, 1.54) is 18.7 Å². The molecule has 2 aromatic carbocycles. The zero-order valence-corrected chi connectivity index (χ0v) is 15.9. The van der Waals surface area contributed by atoms with E-state index < -0.39 is 11.2 Å². The largest absolute Gasteiger partial charge is 0.340 e. The molecule has 0 unspecified atom stereocenters. The molecule has 0 aliphatic heterocycles. The van der Waals surface area contributed by atoms with E-state index in [0.717, 1.165) is 25.4 Å². The minimum Gasteiger partial charge on any atom is -0.340 e. The zero-order chi connectivity index (χ0) is 19.8. The van der Waals surface area contributed by atoms with Gasteiger partial charge in [0.2, 0.25) is 0 Å². The Balaban J connectivity index is 1.79. The van der Waals surface area contributed by atoms with E-state index in [1.54, 1.807) is 17.4 Å². The number of nitrogens with one attached hydrogen (secondary N) is 1. The normalized spacial score (nSPS) is 10.8. The Morgan fingerprint density at radius 3 is 2.61 bits per heavy atom. The highest BCUT2D eigenvalue weighted by Gasteiger charge is 2.16. The number of para-hydroxylation sites is 1. The first kappa shape index (κ1) is 17.7. The fraction of sp³-hybridized carbons (Fsp3) is 0.100. The number of benzene rings is 2. The van der Waals surface area contributed by atoms with Gasteiger partial charge < -0.3 is 5.32 Å². The molecule has 0 saturated carbocycles. The molecule has 0 amide bonds. The van der Waals surface area contributed by atoms with Crippen LogP contribution in [0.15, 0.2) is 58.1 Å². The molecule has 4 rings (SSSR count). The van der Waals surface area contributed by atoms with E-state index in [9.17, 15) is 14.9 Å². The van der Waals surface area contributed by atoms with Crippen LogP contribution in [0, 0.1) is 11.3 Å². The van der Waals surface area contributed by atoms with Crippen LogP contribution in [0.2, 0.25) is 0 Å². The molecule has 0 aliphatic carbocycles. The van der Waals surface area contributed by atoms with Gasteiger partial charge >= 0.3 is 5.69 Å². The van der Waals surface area contributed by atoms with Crippen molar-refractivity contribution in [1.82, 2.24) is 14.1 Å². The minimum atomic E-state index is -0.629. The predicted molar refractivity (Wildman–Crippen MR) is 110 cm³/mol. The molecule has 7 nitrogen and oxygen atoms in total. The summed E-state index contributed by atoms with van der Waals surface area (Å²) in [5.74, 6) is 0.164. The highest BCUT2D eigenvalue weighted by Crippen LogP contribution is 2.31. The molecule has 8 heteroatoms. The molecular weight excluding hydrogens is 374 g/mol. The number of anilines is 2. The summed E-state index contributed by atoms with van der Waals surface area (Å²) >= 11 is 1.58. The molecule has 2 heterocycles. The Bertz CT molecular complexity index is 1340. The summed E-state index contributed by atoms with van der Waals surface area (Å²) in [7, 11) is 2.87. The Morgan fingerprint density at radius 1 is 1.07 bits per heavy atom. The highest BCUT2D eigenvalue weighted by atomic mass is 32.1. The zero-order valence-electron chi connectivity index (χ0n) is 15.1. The molecular formula is C20H15N5O2S. The summed E-state index contributed by atoms with van der Waals surface area (Å²) in [6.07, 6.45) is 0. The second-order valence-corrected chi connectivity index (χ2v) is 7.26. The molecule has 0 saturated heterocycles. The number of hydrogen-bond acceptors (Lipinski definition) is 6.